The van der Waals surface area contributed by atoms with Crippen molar-refractivity contribution in [3.63, 3.8) is 0 Å². The summed E-state index contributed by atoms with van der Waals surface area (Å²) in [6, 6.07) is 11.0. The minimum Gasteiger partial charge on any atom is -0.349 e. The Morgan fingerprint density at radius 2 is 1.74 bits per heavy atom. The van der Waals surface area contributed by atoms with Gasteiger partial charge < -0.3 is 19.4 Å². The number of nitrogens with one attached hydrogen (secondary N) is 1. The second kappa shape index (κ2) is 10.4. The van der Waals surface area contributed by atoms with Crippen LogP contribution >= 0.6 is 0 Å². The molecule has 3 aromatic rings. The van der Waals surface area contributed by atoms with Crippen molar-refractivity contribution in [1.29, 1.82) is 0 Å². The molecule has 7 heteroatoms. The number of nitrogens with zero attached hydrogens (tertiary/aromatic N) is 3. The minimum atomic E-state index is -0.206. The van der Waals surface area contributed by atoms with Crippen LogP contribution in [0.25, 0.3) is 10.9 Å². The van der Waals surface area contributed by atoms with Gasteiger partial charge in [0.1, 0.15) is 5.69 Å². The van der Waals surface area contributed by atoms with Crippen molar-refractivity contribution in [1.82, 2.24) is 19.4 Å². The molecule has 2 aromatic heterocycles. The quantitative estimate of drug-likeness (QED) is 0.496. The standard InChI is InChI=1S/C27H34N4O3/c1-4-20-17-22-24(27(34)31(20)18-23(32)19-11-7-6-8-12-19)21(5-2)25(29(22)3)26(33)28-13-16-30-14-9-10-15-30/h6-8,11-12,17H,4-5,9-10,13-16,18H2,1-3H3,(H,28,33). The molecular formula is C27H34N4O3. The molecule has 180 valence electrons. The fraction of sp³-hybridized carbons (Fsp3) is 0.444. The minimum absolute atomic E-state index is 0.0165. The number of pyridine rings is 1. The largest absolute Gasteiger partial charge is 0.349 e. The number of ketones is 1. The lowest BCUT2D eigenvalue weighted by Crippen LogP contribution is -2.34. The molecule has 3 heterocycles. The molecule has 1 aromatic carbocycles. The SMILES string of the molecule is CCc1c(C(=O)NCCN2CCCC2)n(C)c2cc(CC)n(CC(=O)c3ccccc3)c(=O)c12. The first kappa shape index (κ1) is 24.0. The van der Waals surface area contributed by atoms with Gasteiger partial charge in [0.2, 0.25) is 0 Å². The topological polar surface area (TPSA) is 76.3 Å². The molecule has 4 rings (SSSR count). The van der Waals surface area contributed by atoms with Crippen LogP contribution in [-0.4, -0.2) is 51.9 Å². The Bertz CT molecular complexity index is 1250. The highest BCUT2D eigenvalue weighted by Crippen LogP contribution is 2.25. The molecule has 0 bridgehead atoms. The predicted octanol–water partition coefficient (Wildman–Crippen LogP) is 3.17. The molecule has 1 saturated heterocycles. The van der Waals surface area contributed by atoms with Crippen molar-refractivity contribution in [2.45, 2.75) is 46.1 Å². The van der Waals surface area contributed by atoms with Crippen LogP contribution in [0.3, 0.4) is 0 Å². The summed E-state index contributed by atoms with van der Waals surface area (Å²) < 4.78 is 3.41. The van der Waals surface area contributed by atoms with Gasteiger partial charge in [-0.05, 0) is 50.4 Å². The van der Waals surface area contributed by atoms with E-state index < -0.39 is 0 Å². The first-order valence-electron chi connectivity index (χ1n) is 12.3. The Labute approximate surface area is 200 Å². The zero-order valence-electron chi connectivity index (χ0n) is 20.4. The molecule has 1 N–H and O–H groups in total. The van der Waals surface area contributed by atoms with Gasteiger partial charge in [0.05, 0.1) is 17.4 Å². The highest BCUT2D eigenvalue weighted by Gasteiger charge is 2.24. The van der Waals surface area contributed by atoms with Gasteiger partial charge >= 0.3 is 0 Å². The molecule has 0 unspecified atom stereocenters. The molecule has 0 spiro atoms. The molecule has 7 nitrogen and oxygen atoms in total. The number of fused-ring (bicyclic) bond motifs is 1. The summed E-state index contributed by atoms with van der Waals surface area (Å²) in [4.78, 5) is 42.1. The first-order valence-corrected chi connectivity index (χ1v) is 12.3. The first-order chi connectivity index (χ1) is 16.5. The van der Waals surface area contributed by atoms with Crippen molar-refractivity contribution in [3.8, 4) is 0 Å². The van der Waals surface area contributed by atoms with Crippen LogP contribution < -0.4 is 10.9 Å². The molecule has 34 heavy (non-hydrogen) atoms. The zero-order valence-corrected chi connectivity index (χ0v) is 20.4. The highest BCUT2D eigenvalue weighted by molar-refractivity contribution is 6.02. The lowest BCUT2D eigenvalue weighted by atomic mass is 10.1. The van der Waals surface area contributed by atoms with Crippen LogP contribution in [0, 0.1) is 0 Å². The Balaban J connectivity index is 1.69. The summed E-state index contributed by atoms with van der Waals surface area (Å²) in [7, 11) is 1.84. The van der Waals surface area contributed by atoms with E-state index in [1.54, 1.807) is 16.7 Å². The van der Waals surface area contributed by atoms with Gasteiger partial charge in [-0.1, -0.05) is 44.2 Å². The average molecular weight is 463 g/mol. The second-order valence-corrected chi connectivity index (χ2v) is 8.97. The van der Waals surface area contributed by atoms with E-state index in [2.05, 4.69) is 10.2 Å². The summed E-state index contributed by atoms with van der Waals surface area (Å²) in [5.74, 6) is -0.260. The fourth-order valence-electron chi connectivity index (χ4n) is 5.05. The fourth-order valence-corrected chi connectivity index (χ4v) is 5.05. The van der Waals surface area contributed by atoms with Crippen molar-refractivity contribution in [3.05, 3.63) is 69.3 Å². The van der Waals surface area contributed by atoms with Crippen molar-refractivity contribution < 1.29 is 9.59 Å². The molecule has 1 fully saturated rings. The van der Waals surface area contributed by atoms with Crippen molar-refractivity contribution in [2.75, 3.05) is 26.2 Å². The van der Waals surface area contributed by atoms with Gasteiger partial charge in [0, 0.05) is 31.4 Å². The molecule has 1 amide bonds. The summed E-state index contributed by atoms with van der Waals surface area (Å²) in [6.45, 7) is 7.51. The summed E-state index contributed by atoms with van der Waals surface area (Å²) in [5.41, 5.74) is 3.17. The summed E-state index contributed by atoms with van der Waals surface area (Å²) in [5, 5.41) is 3.59. The van der Waals surface area contributed by atoms with Crippen LogP contribution in [0.5, 0.6) is 0 Å². The lowest BCUT2D eigenvalue weighted by Gasteiger charge is -2.15. The van der Waals surface area contributed by atoms with E-state index in [1.165, 1.54) is 12.8 Å². The Hall–Kier alpha value is -3.19. The number of hydrogen-bond acceptors (Lipinski definition) is 4. The lowest BCUT2D eigenvalue weighted by molar-refractivity contribution is 0.0939. The van der Waals surface area contributed by atoms with Gasteiger partial charge in [-0.3, -0.25) is 14.4 Å². The predicted molar refractivity (Wildman–Crippen MR) is 135 cm³/mol. The van der Waals surface area contributed by atoms with E-state index in [1.807, 2.05) is 49.7 Å². The van der Waals surface area contributed by atoms with Gasteiger partial charge in [-0.2, -0.15) is 0 Å². The third-order valence-electron chi connectivity index (χ3n) is 6.89. The molecule has 1 aliphatic rings. The summed E-state index contributed by atoms with van der Waals surface area (Å²) in [6.07, 6.45) is 3.60. The third-order valence-corrected chi connectivity index (χ3v) is 6.89. The van der Waals surface area contributed by atoms with Gasteiger partial charge in [-0.25, -0.2) is 0 Å². The molecule has 1 aliphatic heterocycles. The monoisotopic (exact) mass is 462 g/mol. The Morgan fingerprint density at radius 1 is 1.03 bits per heavy atom. The van der Waals surface area contributed by atoms with Crippen molar-refractivity contribution in [2.24, 2.45) is 7.05 Å². The van der Waals surface area contributed by atoms with E-state index in [0.29, 0.717) is 36.0 Å². The molecular weight excluding hydrogens is 428 g/mol. The second-order valence-electron chi connectivity index (χ2n) is 8.97. The van der Waals surface area contributed by atoms with Crippen molar-refractivity contribution >= 4 is 22.6 Å². The van der Waals surface area contributed by atoms with E-state index >= 15 is 0 Å². The molecule has 0 radical (unpaired) electrons. The number of aromatic nitrogens is 2. The van der Waals surface area contributed by atoms with E-state index in [-0.39, 0.29) is 23.8 Å². The van der Waals surface area contributed by atoms with Crippen LogP contribution in [0.4, 0.5) is 0 Å². The Kier molecular flexibility index (Phi) is 7.32. The number of hydrogen-bond donors (Lipinski definition) is 1. The third kappa shape index (κ3) is 4.57. The van der Waals surface area contributed by atoms with E-state index in [0.717, 1.165) is 36.4 Å². The number of aryl methyl sites for hydroxylation is 3. The highest BCUT2D eigenvalue weighted by atomic mass is 16.2. The maximum atomic E-state index is 13.7. The zero-order chi connectivity index (χ0) is 24.2. The van der Waals surface area contributed by atoms with Gasteiger partial charge in [0.25, 0.3) is 11.5 Å². The average Bonchev–Trinajstić information content (AvgIpc) is 3.47. The smallest absolute Gasteiger partial charge is 0.268 e. The van der Waals surface area contributed by atoms with Gasteiger partial charge in [-0.15, -0.1) is 0 Å². The van der Waals surface area contributed by atoms with Crippen LogP contribution in [0.15, 0.2) is 41.2 Å². The number of carbonyl (C=O) groups is 2. The maximum Gasteiger partial charge on any atom is 0.268 e. The van der Waals surface area contributed by atoms with Crippen LogP contribution in [0.2, 0.25) is 0 Å². The van der Waals surface area contributed by atoms with Crippen LogP contribution in [0.1, 0.15) is 58.8 Å². The number of Topliss-reactive ketones (excluding diaryl/α,β-unsaturated/α-hetero) is 1. The normalized spacial score (nSPS) is 14.1. The Morgan fingerprint density at radius 3 is 2.38 bits per heavy atom. The summed E-state index contributed by atoms with van der Waals surface area (Å²) >= 11 is 0. The number of rotatable bonds is 9. The number of carbonyl (C=O) groups excluding carboxylic acids is 2. The maximum absolute atomic E-state index is 13.7. The molecule has 0 aliphatic carbocycles. The number of benzene rings is 1. The van der Waals surface area contributed by atoms with E-state index in [9.17, 15) is 14.4 Å². The van der Waals surface area contributed by atoms with E-state index in [4.69, 9.17) is 0 Å². The number of amides is 1. The number of likely N-dealkylation sites (tertiary alicyclic amines) is 1. The van der Waals surface area contributed by atoms with Crippen LogP contribution in [-0.2, 0) is 26.4 Å². The molecule has 0 atom stereocenters. The van der Waals surface area contributed by atoms with Gasteiger partial charge in [0.15, 0.2) is 5.78 Å². The molecule has 0 saturated carbocycles.